The van der Waals surface area contributed by atoms with E-state index in [1.54, 1.807) is 26.5 Å². The van der Waals surface area contributed by atoms with E-state index in [9.17, 15) is 4.79 Å². The summed E-state index contributed by atoms with van der Waals surface area (Å²) in [5.41, 5.74) is 0.823. The first-order valence-electron chi connectivity index (χ1n) is 9.49. The smallest absolute Gasteiger partial charge is 0.242 e. The Balaban J connectivity index is 1.69. The summed E-state index contributed by atoms with van der Waals surface area (Å²) >= 11 is 0. The van der Waals surface area contributed by atoms with Crippen LogP contribution in [-0.4, -0.2) is 55.8 Å². The zero-order valence-electron chi connectivity index (χ0n) is 16.4. The summed E-state index contributed by atoms with van der Waals surface area (Å²) in [6.07, 6.45) is 4.23. The predicted molar refractivity (Wildman–Crippen MR) is 108 cm³/mol. The highest BCUT2D eigenvalue weighted by atomic mass is 16.5. The fraction of sp³-hybridized carbons (Fsp3) is 0.450. The van der Waals surface area contributed by atoms with Crippen LogP contribution in [0.1, 0.15) is 19.3 Å². The number of methoxy groups -OCH3 is 2. The van der Waals surface area contributed by atoms with Crippen LogP contribution in [0.25, 0.3) is 0 Å². The van der Waals surface area contributed by atoms with E-state index in [2.05, 4.69) is 20.6 Å². The maximum absolute atomic E-state index is 12.6. The molecule has 0 unspecified atom stereocenters. The third kappa shape index (κ3) is 4.89. The van der Waals surface area contributed by atoms with Gasteiger partial charge < -0.3 is 25.0 Å². The van der Waals surface area contributed by atoms with E-state index in [1.165, 1.54) is 0 Å². The number of carbonyl (C=O) groups excluding carboxylic acids is 1. The van der Waals surface area contributed by atoms with Gasteiger partial charge in [-0.25, -0.2) is 4.98 Å². The van der Waals surface area contributed by atoms with Gasteiger partial charge in [-0.3, -0.25) is 4.79 Å². The SMILES string of the molecule is COCCCNC(=O)[C@@H]1CCCN1c1nccc(Nc2ccccc2OC)n1. The van der Waals surface area contributed by atoms with Crippen molar-refractivity contribution < 1.29 is 14.3 Å². The Kier molecular flexibility index (Phi) is 7.02. The van der Waals surface area contributed by atoms with E-state index < -0.39 is 0 Å². The number of carbonyl (C=O) groups is 1. The van der Waals surface area contributed by atoms with Crippen LogP contribution in [0.2, 0.25) is 0 Å². The molecule has 2 heterocycles. The monoisotopic (exact) mass is 385 g/mol. The number of anilines is 3. The molecule has 1 aromatic heterocycles. The molecule has 1 aromatic carbocycles. The highest BCUT2D eigenvalue weighted by Crippen LogP contribution is 2.28. The van der Waals surface area contributed by atoms with Gasteiger partial charge in [-0.15, -0.1) is 0 Å². The average Bonchev–Trinajstić information content (AvgIpc) is 3.22. The van der Waals surface area contributed by atoms with Crippen LogP contribution in [0.4, 0.5) is 17.5 Å². The zero-order valence-corrected chi connectivity index (χ0v) is 16.4. The van der Waals surface area contributed by atoms with Crippen molar-refractivity contribution in [3.63, 3.8) is 0 Å². The lowest BCUT2D eigenvalue weighted by Gasteiger charge is -2.24. The lowest BCUT2D eigenvalue weighted by atomic mass is 10.2. The van der Waals surface area contributed by atoms with Gasteiger partial charge in [-0.2, -0.15) is 4.98 Å². The van der Waals surface area contributed by atoms with Gasteiger partial charge in [0.15, 0.2) is 0 Å². The van der Waals surface area contributed by atoms with Crippen molar-refractivity contribution in [3.05, 3.63) is 36.5 Å². The van der Waals surface area contributed by atoms with Gasteiger partial charge in [0.2, 0.25) is 11.9 Å². The van der Waals surface area contributed by atoms with Crippen molar-refractivity contribution in [2.45, 2.75) is 25.3 Å². The molecule has 3 rings (SSSR count). The van der Waals surface area contributed by atoms with Crippen molar-refractivity contribution in [1.29, 1.82) is 0 Å². The number of amides is 1. The normalized spacial score (nSPS) is 16.1. The minimum Gasteiger partial charge on any atom is -0.495 e. The summed E-state index contributed by atoms with van der Waals surface area (Å²) in [6, 6.07) is 9.20. The van der Waals surface area contributed by atoms with Gasteiger partial charge in [0.1, 0.15) is 17.6 Å². The average molecular weight is 385 g/mol. The van der Waals surface area contributed by atoms with Crippen LogP contribution in [0.3, 0.4) is 0 Å². The summed E-state index contributed by atoms with van der Waals surface area (Å²) in [7, 11) is 3.29. The quantitative estimate of drug-likeness (QED) is 0.641. The van der Waals surface area contributed by atoms with Gasteiger partial charge in [0.05, 0.1) is 12.8 Å². The van der Waals surface area contributed by atoms with Crippen molar-refractivity contribution in [3.8, 4) is 5.75 Å². The number of aromatic nitrogens is 2. The summed E-state index contributed by atoms with van der Waals surface area (Å²) in [5.74, 6) is 1.95. The summed E-state index contributed by atoms with van der Waals surface area (Å²) in [5, 5.41) is 6.24. The fourth-order valence-electron chi connectivity index (χ4n) is 3.27. The Bertz CT molecular complexity index is 786. The molecule has 0 radical (unpaired) electrons. The van der Waals surface area contributed by atoms with E-state index in [4.69, 9.17) is 9.47 Å². The van der Waals surface area contributed by atoms with E-state index in [1.807, 2.05) is 29.2 Å². The topological polar surface area (TPSA) is 88.6 Å². The van der Waals surface area contributed by atoms with Gasteiger partial charge in [-0.1, -0.05) is 12.1 Å². The molecule has 1 saturated heterocycles. The van der Waals surface area contributed by atoms with Crippen molar-refractivity contribution in [2.75, 3.05) is 44.1 Å². The van der Waals surface area contributed by atoms with Gasteiger partial charge in [0, 0.05) is 33.0 Å². The van der Waals surface area contributed by atoms with E-state index >= 15 is 0 Å². The van der Waals surface area contributed by atoms with Crippen LogP contribution >= 0.6 is 0 Å². The minimum atomic E-state index is -0.246. The first-order chi connectivity index (χ1) is 13.7. The molecular weight excluding hydrogens is 358 g/mol. The molecular formula is C20H27N5O3. The molecule has 0 spiro atoms. The first kappa shape index (κ1) is 19.9. The van der Waals surface area contributed by atoms with Crippen molar-refractivity contribution >= 4 is 23.4 Å². The third-order valence-electron chi connectivity index (χ3n) is 4.65. The van der Waals surface area contributed by atoms with Crippen LogP contribution < -0.4 is 20.3 Å². The fourth-order valence-corrected chi connectivity index (χ4v) is 3.27. The number of rotatable bonds is 9. The van der Waals surface area contributed by atoms with Gasteiger partial charge in [-0.05, 0) is 37.5 Å². The first-order valence-corrected chi connectivity index (χ1v) is 9.49. The van der Waals surface area contributed by atoms with Crippen LogP contribution in [0.5, 0.6) is 5.75 Å². The molecule has 150 valence electrons. The molecule has 2 N–H and O–H groups in total. The second-order valence-corrected chi connectivity index (χ2v) is 6.56. The Hall–Kier alpha value is -2.87. The second kappa shape index (κ2) is 9.89. The Labute approximate surface area is 165 Å². The number of para-hydroxylation sites is 2. The van der Waals surface area contributed by atoms with Gasteiger partial charge >= 0.3 is 0 Å². The van der Waals surface area contributed by atoms with E-state index in [0.717, 1.165) is 37.2 Å². The number of hydrogen-bond acceptors (Lipinski definition) is 7. The molecule has 8 nitrogen and oxygen atoms in total. The number of nitrogens with one attached hydrogen (secondary N) is 2. The highest BCUT2D eigenvalue weighted by Gasteiger charge is 2.32. The van der Waals surface area contributed by atoms with Crippen molar-refractivity contribution in [1.82, 2.24) is 15.3 Å². The number of hydrogen-bond donors (Lipinski definition) is 2. The molecule has 8 heteroatoms. The molecule has 28 heavy (non-hydrogen) atoms. The molecule has 1 aliphatic rings. The predicted octanol–water partition coefficient (Wildman–Crippen LogP) is 2.35. The zero-order chi connectivity index (χ0) is 19.8. The lowest BCUT2D eigenvalue weighted by molar-refractivity contribution is -0.122. The van der Waals surface area contributed by atoms with Crippen LogP contribution in [0, 0.1) is 0 Å². The highest BCUT2D eigenvalue weighted by molar-refractivity contribution is 5.85. The lowest BCUT2D eigenvalue weighted by Crippen LogP contribution is -2.44. The number of nitrogens with zero attached hydrogens (tertiary/aromatic N) is 3. The van der Waals surface area contributed by atoms with Crippen molar-refractivity contribution in [2.24, 2.45) is 0 Å². The number of benzene rings is 1. The van der Waals surface area contributed by atoms with Gasteiger partial charge in [0.25, 0.3) is 0 Å². The maximum atomic E-state index is 12.6. The molecule has 1 fully saturated rings. The standard InChI is InChI=1S/C20H27N5O3/c1-27-14-6-11-21-19(26)16-8-5-13-25(16)20-22-12-10-18(24-20)23-15-7-3-4-9-17(15)28-2/h3-4,7,9-10,12,16H,5-6,8,11,13-14H2,1-2H3,(H,21,26)(H,22,23,24)/t16-/m0/s1. The molecule has 0 saturated carbocycles. The number of ether oxygens (including phenoxy) is 2. The van der Waals surface area contributed by atoms with E-state index in [0.29, 0.717) is 24.9 Å². The molecule has 2 aromatic rings. The Morgan fingerprint density at radius 2 is 2.14 bits per heavy atom. The maximum Gasteiger partial charge on any atom is 0.242 e. The Morgan fingerprint density at radius 3 is 2.96 bits per heavy atom. The van der Waals surface area contributed by atoms with Crippen LogP contribution in [0.15, 0.2) is 36.5 Å². The third-order valence-corrected chi connectivity index (χ3v) is 4.65. The molecule has 1 amide bonds. The molecule has 1 aliphatic heterocycles. The second-order valence-electron chi connectivity index (χ2n) is 6.56. The Morgan fingerprint density at radius 1 is 1.29 bits per heavy atom. The molecule has 0 aliphatic carbocycles. The summed E-state index contributed by atoms with van der Waals surface area (Å²) in [4.78, 5) is 23.5. The molecule has 1 atom stereocenters. The van der Waals surface area contributed by atoms with E-state index in [-0.39, 0.29) is 11.9 Å². The summed E-state index contributed by atoms with van der Waals surface area (Å²) in [6.45, 7) is 2.00. The summed E-state index contributed by atoms with van der Waals surface area (Å²) < 4.78 is 10.4. The largest absolute Gasteiger partial charge is 0.495 e. The van der Waals surface area contributed by atoms with Crippen LogP contribution in [-0.2, 0) is 9.53 Å². The molecule has 0 bridgehead atoms. The minimum absolute atomic E-state index is 0.0142.